The molecule has 1 saturated heterocycles. The van der Waals surface area contributed by atoms with Crippen LogP contribution in [0.4, 0.5) is 0 Å². The van der Waals surface area contributed by atoms with Crippen LogP contribution in [0, 0.1) is 5.41 Å². The van der Waals surface area contributed by atoms with Gasteiger partial charge in [-0.25, -0.2) is 0 Å². The number of thioether (sulfide) groups is 1. The van der Waals surface area contributed by atoms with Crippen molar-refractivity contribution in [3.05, 3.63) is 0 Å². The highest BCUT2D eigenvalue weighted by molar-refractivity contribution is 7.99. The molecule has 2 N–H and O–H groups in total. The SMILES string of the molecule is CC1CSCCN1CC(C)(CO)CO. The first-order chi connectivity index (χ1) is 6.61. The molecular formula is C10H21NO2S. The van der Waals surface area contributed by atoms with Crippen LogP contribution < -0.4 is 0 Å². The summed E-state index contributed by atoms with van der Waals surface area (Å²) in [5, 5.41) is 18.4. The molecule has 0 amide bonds. The highest BCUT2D eigenvalue weighted by atomic mass is 32.2. The topological polar surface area (TPSA) is 43.7 Å². The van der Waals surface area contributed by atoms with Crippen LogP contribution in [-0.2, 0) is 0 Å². The Morgan fingerprint density at radius 3 is 2.57 bits per heavy atom. The normalized spacial score (nSPS) is 25.3. The van der Waals surface area contributed by atoms with Crippen LogP contribution in [0.25, 0.3) is 0 Å². The van der Waals surface area contributed by atoms with Gasteiger partial charge in [-0.3, -0.25) is 4.90 Å². The summed E-state index contributed by atoms with van der Waals surface area (Å²) < 4.78 is 0. The maximum atomic E-state index is 9.21. The summed E-state index contributed by atoms with van der Waals surface area (Å²) in [5.41, 5.74) is -0.351. The smallest absolute Gasteiger partial charge is 0.0519 e. The molecule has 1 aliphatic heterocycles. The van der Waals surface area contributed by atoms with Crippen molar-refractivity contribution in [2.45, 2.75) is 19.9 Å². The second kappa shape index (κ2) is 5.35. The molecule has 1 unspecified atom stereocenters. The molecule has 1 rings (SSSR count). The molecule has 0 saturated carbocycles. The second-order valence-corrected chi connectivity index (χ2v) is 5.67. The fourth-order valence-electron chi connectivity index (χ4n) is 1.64. The van der Waals surface area contributed by atoms with E-state index in [9.17, 15) is 10.2 Å². The van der Waals surface area contributed by atoms with Gasteiger partial charge in [0.1, 0.15) is 0 Å². The Labute approximate surface area is 90.5 Å². The Hall–Kier alpha value is 0.230. The summed E-state index contributed by atoms with van der Waals surface area (Å²) in [7, 11) is 0. The zero-order chi connectivity index (χ0) is 10.6. The highest BCUT2D eigenvalue weighted by Gasteiger charge is 2.29. The van der Waals surface area contributed by atoms with Crippen molar-refractivity contribution in [3.8, 4) is 0 Å². The third-order valence-electron chi connectivity index (χ3n) is 2.85. The number of aliphatic hydroxyl groups excluding tert-OH is 2. The van der Waals surface area contributed by atoms with E-state index < -0.39 is 0 Å². The molecule has 0 spiro atoms. The molecule has 84 valence electrons. The van der Waals surface area contributed by atoms with Crippen LogP contribution in [0.3, 0.4) is 0 Å². The highest BCUT2D eigenvalue weighted by Crippen LogP contribution is 2.22. The van der Waals surface area contributed by atoms with Gasteiger partial charge in [0, 0.05) is 36.1 Å². The first kappa shape index (κ1) is 12.3. The molecule has 1 fully saturated rings. The van der Waals surface area contributed by atoms with Gasteiger partial charge in [0.15, 0.2) is 0 Å². The predicted octanol–water partition coefficient (Wildman–Crippen LogP) is 0.415. The van der Waals surface area contributed by atoms with E-state index in [-0.39, 0.29) is 18.6 Å². The number of hydrogen-bond acceptors (Lipinski definition) is 4. The molecule has 0 aliphatic carbocycles. The maximum absolute atomic E-state index is 9.21. The number of rotatable bonds is 4. The van der Waals surface area contributed by atoms with Crippen molar-refractivity contribution in [1.82, 2.24) is 4.90 Å². The summed E-state index contributed by atoms with van der Waals surface area (Å²) in [4.78, 5) is 2.36. The van der Waals surface area contributed by atoms with E-state index in [2.05, 4.69) is 11.8 Å². The first-order valence-corrected chi connectivity index (χ1v) is 6.30. The van der Waals surface area contributed by atoms with E-state index in [1.165, 1.54) is 0 Å². The first-order valence-electron chi connectivity index (χ1n) is 5.15. The van der Waals surface area contributed by atoms with Gasteiger partial charge in [0.05, 0.1) is 13.2 Å². The van der Waals surface area contributed by atoms with Crippen LogP contribution in [0.5, 0.6) is 0 Å². The van der Waals surface area contributed by atoms with Crippen molar-refractivity contribution in [2.24, 2.45) is 5.41 Å². The van der Waals surface area contributed by atoms with Crippen molar-refractivity contribution in [3.63, 3.8) is 0 Å². The summed E-state index contributed by atoms with van der Waals surface area (Å²) in [6.45, 7) is 6.12. The molecule has 1 aliphatic rings. The Balaban J connectivity index is 2.48. The molecule has 0 aromatic rings. The van der Waals surface area contributed by atoms with Gasteiger partial charge in [0.2, 0.25) is 0 Å². The monoisotopic (exact) mass is 219 g/mol. The Morgan fingerprint density at radius 2 is 2.07 bits per heavy atom. The van der Waals surface area contributed by atoms with Crippen molar-refractivity contribution in [1.29, 1.82) is 0 Å². The van der Waals surface area contributed by atoms with Gasteiger partial charge < -0.3 is 10.2 Å². The van der Waals surface area contributed by atoms with Crippen molar-refractivity contribution in [2.75, 3.05) is 37.8 Å². The number of nitrogens with zero attached hydrogens (tertiary/aromatic N) is 1. The molecule has 0 aromatic heterocycles. The predicted molar refractivity (Wildman–Crippen MR) is 60.6 cm³/mol. The Bertz CT molecular complexity index is 174. The molecule has 3 nitrogen and oxygen atoms in total. The van der Waals surface area contributed by atoms with Gasteiger partial charge in [-0.05, 0) is 6.92 Å². The quantitative estimate of drug-likeness (QED) is 0.719. The maximum Gasteiger partial charge on any atom is 0.0519 e. The third kappa shape index (κ3) is 3.12. The van der Waals surface area contributed by atoms with Crippen LogP contribution in [-0.4, -0.2) is 59.0 Å². The van der Waals surface area contributed by atoms with Gasteiger partial charge in [0.25, 0.3) is 0 Å². The van der Waals surface area contributed by atoms with Gasteiger partial charge in [-0.1, -0.05) is 6.92 Å². The van der Waals surface area contributed by atoms with E-state index in [1.807, 2.05) is 18.7 Å². The molecule has 0 radical (unpaired) electrons. The minimum atomic E-state index is -0.351. The third-order valence-corrected chi connectivity index (χ3v) is 4.04. The fraction of sp³-hybridized carbons (Fsp3) is 1.00. The van der Waals surface area contributed by atoms with E-state index in [1.54, 1.807) is 0 Å². The van der Waals surface area contributed by atoms with Crippen LogP contribution in [0.1, 0.15) is 13.8 Å². The van der Waals surface area contributed by atoms with Crippen molar-refractivity contribution >= 4 is 11.8 Å². The summed E-state index contributed by atoms with van der Waals surface area (Å²) in [6.07, 6.45) is 0. The fourth-order valence-corrected chi connectivity index (χ4v) is 2.72. The Kier molecular flexibility index (Phi) is 4.70. The summed E-state index contributed by atoms with van der Waals surface area (Å²) in [5.74, 6) is 2.32. The minimum Gasteiger partial charge on any atom is -0.396 e. The lowest BCUT2D eigenvalue weighted by Crippen LogP contribution is -2.48. The minimum absolute atomic E-state index is 0.0554. The van der Waals surface area contributed by atoms with E-state index in [4.69, 9.17) is 0 Å². The number of hydrogen-bond donors (Lipinski definition) is 2. The van der Waals surface area contributed by atoms with Crippen molar-refractivity contribution < 1.29 is 10.2 Å². The zero-order valence-corrected chi connectivity index (χ0v) is 9.89. The molecule has 1 atom stereocenters. The summed E-state index contributed by atoms with van der Waals surface area (Å²) >= 11 is 1.98. The standard InChI is InChI=1S/C10H21NO2S/c1-9-5-14-4-3-11(9)6-10(2,7-12)8-13/h9,12-13H,3-8H2,1-2H3. The van der Waals surface area contributed by atoms with Crippen LogP contribution in [0.15, 0.2) is 0 Å². The van der Waals surface area contributed by atoms with Crippen LogP contribution in [0.2, 0.25) is 0 Å². The second-order valence-electron chi connectivity index (χ2n) is 4.52. The Morgan fingerprint density at radius 1 is 1.43 bits per heavy atom. The summed E-state index contributed by atoms with van der Waals surface area (Å²) in [6, 6.07) is 0.561. The molecule has 14 heavy (non-hydrogen) atoms. The molecule has 1 heterocycles. The van der Waals surface area contributed by atoms with Gasteiger partial charge >= 0.3 is 0 Å². The lowest BCUT2D eigenvalue weighted by Gasteiger charge is -2.38. The lowest BCUT2D eigenvalue weighted by molar-refractivity contribution is 0.0279. The zero-order valence-electron chi connectivity index (χ0n) is 9.07. The molecule has 0 aromatic carbocycles. The number of aliphatic hydroxyl groups is 2. The lowest BCUT2D eigenvalue weighted by atomic mass is 9.92. The van der Waals surface area contributed by atoms with Gasteiger partial charge in [-0.2, -0.15) is 11.8 Å². The van der Waals surface area contributed by atoms with E-state index in [0.29, 0.717) is 6.04 Å². The molecule has 0 bridgehead atoms. The van der Waals surface area contributed by atoms with E-state index in [0.717, 1.165) is 24.6 Å². The van der Waals surface area contributed by atoms with Gasteiger partial charge in [-0.15, -0.1) is 0 Å². The van der Waals surface area contributed by atoms with E-state index >= 15 is 0 Å². The average Bonchev–Trinajstić information content (AvgIpc) is 2.21. The van der Waals surface area contributed by atoms with Crippen LogP contribution >= 0.6 is 11.8 Å². The molecule has 4 heteroatoms. The molecular weight excluding hydrogens is 198 g/mol. The largest absolute Gasteiger partial charge is 0.396 e. The average molecular weight is 219 g/mol.